The first kappa shape index (κ1) is 11.0. The third-order valence-corrected chi connectivity index (χ3v) is 4.09. The minimum Gasteiger partial charge on any atom is -0.455 e. The molecule has 0 N–H and O–H groups in total. The van der Waals surface area contributed by atoms with Crippen molar-refractivity contribution >= 4 is 23.4 Å². The van der Waals surface area contributed by atoms with Crippen molar-refractivity contribution in [1.29, 1.82) is 0 Å². The Bertz CT molecular complexity index is 580. The Kier molecular flexibility index (Phi) is 2.77. The summed E-state index contributed by atoms with van der Waals surface area (Å²) in [4.78, 5) is 2.23. The Labute approximate surface area is 110 Å². The third kappa shape index (κ3) is 2.03. The molecule has 0 radical (unpaired) electrons. The Morgan fingerprint density at radius 3 is 2.76 bits per heavy atom. The fourth-order valence-electron chi connectivity index (χ4n) is 1.82. The molecule has 0 aromatic heterocycles. The van der Waals surface area contributed by atoms with Crippen LogP contribution in [0.3, 0.4) is 0 Å². The first-order valence-electron chi connectivity index (χ1n) is 5.54. The number of hydrogen-bond donors (Lipinski definition) is 0. The van der Waals surface area contributed by atoms with E-state index >= 15 is 0 Å². The van der Waals surface area contributed by atoms with Crippen molar-refractivity contribution in [2.45, 2.75) is 23.1 Å². The molecule has 2 aromatic rings. The third-order valence-electron chi connectivity index (χ3n) is 2.76. The van der Waals surface area contributed by atoms with Gasteiger partial charge in [0.25, 0.3) is 0 Å². The van der Waals surface area contributed by atoms with Gasteiger partial charge in [0.15, 0.2) is 0 Å². The normalized spacial score (nSPS) is 12.6. The smallest absolute Gasteiger partial charge is 0.141 e. The van der Waals surface area contributed by atoms with Crippen molar-refractivity contribution in [3.63, 3.8) is 0 Å². The van der Waals surface area contributed by atoms with E-state index in [0.29, 0.717) is 0 Å². The van der Waals surface area contributed by atoms with Crippen molar-refractivity contribution in [1.82, 2.24) is 0 Å². The Morgan fingerprint density at radius 2 is 1.94 bits per heavy atom. The summed E-state index contributed by atoms with van der Waals surface area (Å²) in [7, 11) is 0. The molecular weight excluding hydrogens is 252 g/mol. The van der Waals surface area contributed by atoms with Crippen LogP contribution in [0, 0.1) is 0 Å². The minimum absolute atomic E-state index is 0.744. The molecule has 0 aliphatic carbocycles. The zero-order valence-electron chi connectivity index (χ0n) is 9.37. The first-order valence-corrected chi connectivity index (χ1v) is 6.74. The number of hydrogen-bond acceptors (Lipinski definition) is 2. The van der Waals surface area contributed by atoms with E-state index < -0.39 is 0 Å². The van der Waals surface area contributed by atoms with E-state index in [2.05, 4.69) is 25.1 Å². The minimum atomic E-state index is 0.744. The second kappa shape index (κ2) is 4.28. The molecule has 0 unspecified atom stereocenters. The van der Waals surface area contributed by atoms with Gasteiger partial charge >= 0.3 is 0 Å². The number of rotatable bonds is 1. The van der Waals surface area contributed by atoms with E-state index in [0.717, 1.165) is 32.7 Å². The maximum absolute atomic E-state index is 5.98. The monoisotopic (exact) mass is 262 g/mol. The first-order chi connectivity index (χ1) is 8.26. The van der Waals surface area contributed by atoms with E-state index in [1.54, 1.807) is 11.8 Å². The predicted octanol–water partition coefficient (Wildman–Crippen LogP) is 5.16. The Hall–Kier alpha value is -1.12. The summed E-state index contributed by atoms with van der Waals surface area (Å²) in [5.74, 6) is 1.84. The topological polar surface area (TPSA) is 9.23 Å². The van der Waals surface area contributed by atoms with Gasteiger partial charge in [-0.3, -0.25) is 0 Å². The quantitative estimate of drug-likeness (QED) is 0.599. The van der Waals surface area contributed by atoms with Crippen LogP contribution in [0.5, 0.6) is 11.5 Å². The summed E-state index contributed by atoms with van der Waals surface area (Å²) in [6, 6.07) is 12.1. The highest BCUT2D eigenvalue weighted by Gasteiger charge is 2.17. The van der Waals surface area contributed by atoms with Gasteiger partial charge in [-0.15, -0.1) is 0 Å². The lowest BCUT2D eigenvalue weighted by molar-refractivity contribution is 0.454. The maximum atomic E-state index is 5.98. The van der Waals surface area contributed by atoms with Crippen LogP contribution in [0.4, 0.5) is 0 Å². The van der Waals surface area contributed by atoms with E-state index in [1.165, 1.54) is 5.56 Å². The van der Waals surface area contributed by atoms with Gasteiger partial charge in [-0.2, -0.15) is 0 Å². The summed E-state index contributed by atoms with van der Waals surface area (Å²) < 4.78 is 5.90. The van der Waals surface area contributed by atoms with E-state index in [1.807, 2.05) is 18.2 Å². The van der Waals surface area contributed by atoms with Gasteiger partial charge < -0.3 is 4.74 Å². The number of fused-ring (bicyclic) bond motifs is 2. The molecule has 17 heavy (non-hydrogen) atoms. The van der Waals surface area contributed by atoms with Crippen molar-refractivity contribution in [2.24, 2.45) is 0 Å². The highest BCUT2D eigenvalue weighted by molar-refractivity contribution is 7.99. The predicted molar refractivity (Wildman–Crippen MR) is 71.5 cm³/mol. The number of halogens is 1. The molecule has 86 valence electrons. The molecule has 0 saturated heterocycles. The second-order valence-electron chi connectivity index (χ2n) is 3.93. The van der Waals surface area contributed by atoms with E-state index in [9.17, 15) is 0 Å². The highest BCUT2D eigenvalue weighted by atomic mass is 35.5. The van der Waals surface area contributed by atoms with Crippen molar-refractivity contribution in [2.75, 3.05) is 0 Å². The zero-order chi connectivity index (χ0) is 11.8. The van der Waals surface area contributed by atoms with Crippen molar-refractivity contribution in [3.8, 4) is 11.5 Å². The fraction of sp³-hybridized carbons (Fsp3) is 0.143. The van der Waals surface area contributed by atoms with E-state index in [-0.39, 0.29) is 0 Å². The standard InChI is InChI=1S/C14H11ClOS/c1-2-9-3-6-13-12(7-9)16-11-5-4-10(15)8-14(11)17-13/h3-8H,2H2,1H3. The largest absolute Gasteiger partial charge is 0.455 e. The molecule has 0 amide bonds. The average molecular weight is 263 g/mol. The molecule has 1 aliphatic heterocycles. The number of aryl methyl sites for hydroxylation is 1. The molecule has 0 atom stereocenters. The van der Waals surface area contributed by atoms with Gasteiger partial charge in [-0.05, 0) is 42.3 Å². The van der Waals surface area contributed by atoms with Crippen LogP contribution >= 0.6 is 23.4 Å². The average Bonchev–Trinajstić information content (AvgIpc) is 2.35. The molecule has 1 heterocycles. The number of ether oxygens (including phenoxy) is 1. The molecule has 0 spiro atoms. The number of benzene rings is 2. The molecule has 0 saturated carbocycles. The molecular formula is C14H11ClOS. The lowest BCUT2D eigenvalue weighted by Crippen LogP contribution is -1.95. The molecule has 0 bridgehead atoms. The highest BCUT2D eigenvalue weighted by Crippen LogP contribution is 2.47. The van der Waals surface area contributed by atoms with Gasteiger partial charge in [0.1, 0.15) is 11.5 Å². The van der Waals surface area contributed by atoms with Crippen LogP contribution in [-0.4, -0.2) is 0 Å². The van der Waals surface area contributed by atoms with Crippen LogP contribution in [0.25, 0.3) is 0 Å². The Balaban J connectivity index is 2.04. The molecule has 0 fully saturated rings. The summed E-state index contributed by atoms with van der Waals surface area (Å²) in [5.41, 5.74) is 1.29. The van der Waals surface area contributed by atoms with Crippen LogP contribution in [0.15, 0.2) is 46.2 Å². The van der Waals surface area contributed by atoms with Crippen LogP contribution in [0.1, 0.15) is 12.5 Å². The lowest BCUT2D eigenvalue weighted by atomic mass is 10.1. The maximum Gasteiger partial charge on any atom is 0.141 e. The SMILES string of the molecule is CCc1ccc2c(c1)Oc1ccc(Cl)cc1S2. The van der Waals surface area contributed by atoms with Crippen molar-refractivity contribution < 1.29 is 4.74 Å². The zero-order valence-corrected chi connectivity index (χ0v) is 10.9. The Morgan fingerprint density at radius 1 is 1.06 bits per heavy atom. The summed E-state index contributed by atoms with van der Waals surface area (Å²) in [5, 5.41) is 0.744. The molecule has 2 aromatic carbocycles. The summed E-state index contributed by atoms with van der Waals surface area (Å²) in [6.45, 7) is 2.14. The van der Waals surface area contributed by atoms with Crippen LogP contribution in [-0.2, 0) is 6.42 Å². The van der Waals surface area contributed by atoms with Gasteiger partial charge in [-0.1, -0.05) is 36.4 Å². The second-order valence-corrected chi connectivity index (χ2v) is 5.45. The summed E-state index contributed by atoms with van der Waals surface area (Å²) in [6.07, 6.45) is 1.02. The molecule has 3 rings (SSSR count). The van der Waals surface area contributed by atoms with Gasteiger partial charge in [0.2, 0.25) is 0 Å². The lowest BCUT2D eigenvalue weighted by Gasteiger charge is -2.20. The molecule has 1 aliphatic rings. The fourth-order valence-corrected chi connectivity index (χ4v) is 3.03. The summed E-state index contributed by atoms with van der Waals surface area (Å²) >= 11 is 7.69. The van der Waals surface area contributed by atoms with Crippen LogP contribution < -0.4 is 4.74 Å². The van der Waals surface area contributed by atoms with E-state index in [4.69, 9.17) is 16.3 Å². The van der Waals surface area contributed by atoms with Crippen LogP contribution in [0.2, 0.25) is 5.02 Å². The van der Waals surface area contributed by atoms with Gasteiger partial charge in [0, 0.05) is 5.02 Å². The molecule has 1 nitrogen and oxygen atoms in total. The van der Waals surface area contributed by atoms with Crippen molar-refractivity contribution in [3.05, 3.63) is 47.0 Å². The molecule has 3 heteroatoms. The van der Waals surface area contributed by atoms with Gasteiger partial charge in [-0.25, -0.2) is 0 Å². The van der Waals surface area contributed by atoms with Gasteiger partial charge in [0.05, 0.1) is 9.79 Å².